The van der Waals surface area contributed by atoms with Crippen molar-refractivity contribution in [3.8, 4) is 11.4 Å². The Kier molecular flexibility index (Phi) is 2.14. The van der Waals surface area contributed by atoms with Gasteiger partial charge in [0.25, 0.3) is 0 Å². The van der Waals surface area contributed by atoms with Crippen molar-refractivity contribution in [2.75, 3.05) is 0 Å². The number of rotatable bonds is 1. The molecule has 0 saturated carbocycles. The summed E-state index contributed by atoms with van der Waals surface area (Å²) < 4.78 is 2.76. The summed E-state index contributed by atoms with van der Waals surface area (Å²) in [5, 5.41) is 0. The highest BCUT2D eigenvalue weighted by Gasteiger charge is 2.08. The molecule has 0 aromatic carbocycles. The second-order valence-corrected chi connectivity index (χ2v) is 3.46. The van der Waals surface area contributed by atoms with Gasteiger partial charge in [-0.05, 0) is 28.1 Å². The second-order valence-electron chi connectivity index (χ2n) is 2.71. The molecule has 0 amide bonds. The average Bonchev–Trinajstić information content (AvgIpc) is 2.48. The molecule has 66 valence electrons. The summed E-state index contributed by atoms with van der Waals surface area (Å²) in [7, 11) is 1.95. The number of aryl methyl sites for hydroxylation is 1. The molecule has 0 bridgehead atoms. The Morgan fingerprint density at radius 1 is 1.31 bits per heavy atom. The molecular formula is C9H8BrN3. The molecule has 0 radical (unpaired) electrons. The maximum Gasteiger partial charge on any atom is 0.133 e. The van der Waals surface area contributed by atoms with Crippen molar-refractivity contribution in [3.05, 3.63) is 35.3 Å². The van der Waals surface area contributed by atoms with Gasteiger partial charge in [-0.3, -0.25) is 4.98 Å². The molecule has 0 aliphatic carbocycles. The van der Waals surface area contributed by atoms with Crippen LogP contribution in [0.2, 0.25) is 0 Å². The van der Waals surface area contributed by atoms with Gasteiger partial charge in [-0.25, -0.2) is 4.98 Å². The highest BCUT2D eigenvalue weighted by molar-refractivity contribution is 9.10. The standard InChI is InChI=1S/C9H8BrN3/c1-13-6-12-9(10)8(13)7-4-2-3-5-11-7/h2-6H,1H3. The molecule has 13 heavy (non-hydrogen) atoms. The van der Waals surface area contributed by atoms with Gasteiger partial charge in [-0.2, -0.15) is 0 Å². The quantitative estimate of drug-likeness (QED) is 0.762. The third-order valence-electron chi connectivity index (χ3n) is 1.80. The van der Waals surface area contributed by atoms with Crippen molar-refractivity contribution in [1.29, 1.82) is 0 Å². The minimum absolute atomic E-state index is 0.828. The minimum atomic E-state index is 0.828. The molecule has 0 N–H and O–H groups in total. The number of hydrogen-bond acceptors (Lipinski definition) is 2. The van der Waals surface area contributed by atoms with Crippen LogP contribution in [0.1, 0.15) is 0 Å². The number of imidazole rings is 1. The van der Waals surface area contributed by atoms with E-state index in [9.17, 15) is 0 Å². The van der Waals surface area contributed by atoms with E-state index in [1.807, 2.05) is 29.8 Å². The van der Waals surface area contributed by atoms with Gasteiger partial charge in [0.15, 0.2) is 0 Å². The van der Waals surface area contributed by atoms with Crippen LogP contribution in [0.3, 0.4) is 0 Å². The highest BCUT2D eigenvalue weighted by atomic mass is 79.9. The Labute approximate surface area is 84.6 Å². The summed E-state index contributed by atoms with van der Waals surface area (Å²) in [5.41, 5.74) is 1.93. The van der Waals surface area contributed by atoms with Gasteiger partial charge in [0.2, 0.25) is 0 Å². The molecule has 2 aromatic rings. The first-order chi connectivity index (χ1) is 6.29. The molecule has 0 aliphatic heterocycles. The van der Waals surface area contributed by atoms with Crippen LogP contribution in [0, 0.1) is 0 Å². The number of hydrogen-bond donors (Lipinski definition) is 0. The van der Waals surface area contributed by atoms with E-state index in [1.54, 1.807) is 12.5 Å². The number of halogens is 1. The molecule has 2 rings (SSSR count). The summed E-state index contributed by atoms with van der Waals surface area (Å²) in [6.07, 6.45) is 3.53. The molecule has 0 spiro atoms. The predicted molar refractivity (Wildman–Crippen MR) is 54.1 cm³/mol. The van der Waals surface area contributed by atoms with Crippen molar-refractivity contribution in [2.45, 2.75) is 0 Å². The highest BCUT2D eigenvalue weighted by Crippen LogP contribution is 2.23. The molecule has 0 unspecified atom stereocenters. The summed E-state index contributed by atoms with van der Waals surface area (Å²) >= 11 is 3.38. The number of nitrogens with zero attached hydrogens (tertiary/aromatic N) is 3. The fourth-order valence-corrected chi connectivity index (χ4v) is 1.77. The zero-order valence-electron chi connectivity index (χ0n) is 7.11. The van der Waals surface area contributed by atoms with E-state index in [2.05, 4.69) is 25.9 Å². The molecule has 0 aliphatic rings. The number of pyridine rings is 1. The largest absolute Gasteiger partial charge is 0.331 e. The average molecular weight is 238 g/mol. The van der Waals surface area contributed by atoms with Gasteiger partial charge in [0.1, 0.15) is 10.3 Å². The topological polar surface area (TPSA) is 30.7 Å². The first kappa shape index (κ1) is 8.44. The van der Waals surface area contributed by atoms with Crippen LogP contribution in [0.15, 0.2) is 35.3 Å². The van der Waals surface area contributed by atoms with Gasteiger partial charge in [0, 0.05) is 13.2 Å². The lowest BCUT2D eigenvalue weighted by Gasteiger charge is -2.00. The Morgan fingerprint density at radius 2 is 2.15 bits per heavy atom. The zero-order chi connectivity index (χ0) is 9.26. The van der Waals surface area contributed by atoms with Crippen LogP contribution in [0.4, 0.5) is 0 Å². The fourth-order valence-electron chi connectivity index (χ4n) is 1.19. The fraction of sp³-hybridized carbons (Fsp3) is 0.111. The van der Waals surface area contributed by atoms with Gasteiger partial charge < -0.3 is 4.57 Å². The molecule has 2 heterocycles. The van der Waals surface area contributed by atoms with Crippen LogP contribution in [-0.4, -0.2) is 14.5 Å². The van der Waals surface area contributed by atoms with E-state index in [1.165, 1.54) is 0 Å². The normalized spacial score (nSPS) is 10.3. The van der Waals surface area contributed by atoms with Gasteiger partial charge in [-0.15, -0.1) is 0 Å². The van der Waals surface area contributed by atoms with E-state index in [4.69, 9.17) is 0 Å². The van der Waals surface area contributed by atoms with Crippen LogP contribution in [0.25, 0.3) is 11.4 Å². The van der Waals surface area contributed by atoms with Crippen LogP contribution < -0.4 is 0 Å². The maximum atomic E-state index is 4.25. The Balaban J connectivity index is 2.59. The molecular weight excluding hydrogens is 230 g/mol. The molecule has 3 nitrogen and oxygen atoms in total. The van der Waals surface area contributed by atoms with E-state index >= 15 is 0 Å². The van der Waals surface area contributed by atoms with E-state index < -0.39 is 0 Å². The first-order valence-electron chi connectivity index (χ1n) is 3.87. The summed E-state index contributed by atoms with van der Waals surface area (Å²) in [4.78, 5) is 8.38. The Morgan fingerprint density at radius 3 is 2.69 bits per heavy atom. The second kappa shape index (κ2) is 3.30. The maximum absolute atomic E-state index is 4.25. The Hall–Kier alpha value is -1.16. The van der Waals surface area contributed by atoms with Crippen molar-refractivity contribution in [3.63, 3.8) is 0 Å². The van der Waals surface area contributed by atoms with Crippen molar-refractivity contribution in [1.82, 2.24) is 14.5 Å². The summed E-state index contributed by atoms with van der Waals surface area (Å²) in [5.74, 6) is 0. The predicted octanol–water partition coefficient (Wildman–Crippen LogP) is 2.24. The minimum Gasteiger partial charge on any atom is -0.331 e. The van der Waals surface area contributed by atoms with Crippen LogP contribution >= 0.6 is 15.9 Å². The lowest BCUT2D eigenvalue weighted by Crippen LogP contribution is -1.91. The van der Waals surface area contributed by atoms with Gasteiger partial charge in [0.05, 0.1) is 12.0 Å². The number of aromatic nitrogens is 3. The van der Waals surface area contributed by atoms with Crippen LogP contribution in [0.5, 0.6) is 0 Å². The lowest BCUT2D eigenvalue weighted by atomic mass is 10.3. The smallest absolute Gasteiger partial charge is 0.133 e. The van der Waals surface area contributed by atoms with Crippen LogP contribution in [-0.2, 0) is 7.05 Å². The monoisotopic (exact) mass is 237 g/mol. The van der Waals surface area contributed by atoms with Crippen molar-refractivity contribution in [2.24, 2.45) is 7.05 Å². The molecule has 2 aromatic heterocycles. The van der Waals surface area contributed by atoms with Gasteiger partial charge in [-0.1, -0.05) is 6.07 Å². The van der Waals surface area contributed by atoms with Crippen molar-refractivity contribution >= 4 is 15.9 Å². The molecule has 0 atom stereocenters. The molecule has 4 heteroatoms. The molecule has 0 fully saturated rings. The summed E-state index contributed by atoms with van der Waals surface area (Å²) in [6.45, 7) is 0. The molecule has 0 saturated heterocycles. The van der Waals surface area contributed by atoms with E-state index in [0.29, 0.717) is 0 Å². The Bertz CT molecular complexity index is 389. The SMILES string of the molecule is Cn1cnc(Br)c1-c1ccccn1. The summed E-state index contributed by atoms with van der Waals surface area (Å²) in [6, 6.07) is 5.82. The van der Waals surface area contributed by atoms with E-state index in [0.717, 1.165) is 16.0 Å². The first-order valence-corrected chi connectivity index (χ1v) is 4.66. The van der Waals surface area contributed by atoms with Crippen molar-refractivity contribution < 1.29 is 0 Å². The third kappa shape index (κ3) is 1.49. The zero-order valence-corrected chi connectivity index (χ0v) is 8.69. The lowest BCUT2D eigenvalue weighted by molar-refractivity contribution is 0.916. The third-order valence-corrected chi connectivity index (χ3v) is 2.38. The van der Waals surface area contributed by atoms with E-state index in [-0.39, 0.29) is 0 Å². The van der Waals surface area contributed by atoms with Gasteiger partial charge >= 0.3 is 0 Å².